The van der Waals surface area contributed by atoms with Gasteiger partial charge in [-0.25, -0.2) is 9.07 Å². The molecule has 24 heavy (non-hydrogen) atoms. The van der Waals surface area contributed by atoms with Crippen molar-refractivity contribution in [3.63, 3.8) is 0 Å². The lowest BCUT2D eigenvalue weighted by atomic mass is 10.2. The Balaban J connectivity index is 0.00000208. The highest BCUT2D eigenvalue weighted by atomic mass is 35.5. The van der Waals surface area contributed by atoms with E-state index in [1.807, 2.05) is 0 Å². The van der Waals surface area contributed by atoms with Crippen molar-refractivity contribution in [2.75, 3.05) is 6.54 Å². The average molecular weight is 355 g/mol. The predicted octanol–water partition coefficient (Wildman–Crippen LogP) is 1.91. The molecule has 0 aliphatic heterocycles. The van der Waals surface area contributed by atoms with Crippen LogP contribution in [0.2, 0.25) is 0 Å². The molecular weight excluding hydrogens is 335 g/mol. The second-order valence-corrected chi connectivity index (χ2v) is 5.89. The number of amides is 1. The van der Waals surface area contributed by atoms with Crippen LogP contribution < -0.4 is 11.1 Å². The number of halogens is 2. The number of aromatic hydroxyl groups is 1. The molecule has 1 aliphatic rings. The van der Waals surface area contributed by atoms with Crippen LogP contribution in [-0.2, 0) is 0 Å². The van der Waals surface area contributed by atoms with Gasteiger partial charge in [0.2, 0.25) is 0 Å². The maximum atomic E-state index is 13.2. The molecule has 1 aliphatic carbocycles. The molecule has 3 rings (SSSR count). The van der Waals surface area contributed by atoms with Gasteiger partial charge in [0.25, 0.3) is 5.91 Å². The summed E-state index contributed by atoms with van der Waals surface area (Å²) in [5.41, 5.74) is 6.85. The van der Waals surface area contributed by atoms with Crippen molar-refractivity contribution in [1.82, 2.24) is 15.1 Å². The number of carbonyl (C=O) groups excluding carboxylic acids is 1. The SMILES string of the molecule is Cc1cc(F)ccc1-n1cc(O)c(C(=O)NC(CN)C2CC2)n1.Cl. The van der Waals surface area contributed by atoms with Crippen molar-refractivity contribution < 1.29 is 14.3 Å². The normalized spacial score (nSPS) is 14.8. The fraction of sp³-hybridized carbons (Fsp3) is 0.375. The molecule has 1 aromatic heterocycles. The Morgan fingerprint density at radius 1 is 1.54 bits per heavy atom. The van der Waals surface area contributed by atoms with Crippen LogP contribution >= 0.6 is 12.4 Å². The molecule has 6 nitrogen and oxygen atoms in total. The standard InChI is InChI=1S/C16H19FN4O2.ClH/c1-9-6-11(17)4-5-13(9)21-8-14(22)15(20-21)16(23)19-12(7-18)10-2-3-10;/h4-6,8,10,12,22H,2-3,7,18H2,1H3,(H,19,23);1H. The quantitative estimate of drug-likeness (QED) is 0.764. The highest BCUT2D eigenvalue weighted by Gasteiger charge is 2.32. The fourth-order valence-corrected chi connectivity index (χ4v) is 2.63. The van der Waals surface area contributed by atoms with E-state index in [4.69, 9.17) is 5.73 Å². The number of aromatic nitrogens is 2. The molecule has 0 radical (unpaired) electrons. The van der Waals surface area contributed by atoms with E-state index in [1.165, 1.54) is 23.0 Å². The van der Waals surface area contributed by atoms with E-state index < -0.39 is 5.91 Å². The number of carbonyl (C=O) groups is 1. The minimum Gasteiger partial charge on any atom is -0.504 e. The van der Waals surface area contributed by atoms with E-state index >= 15 is 0 Å². The van der Waals surface area contributed by atoms with Crippen molar-refractivity contribution in [3.05, 3.63) is 41.5 Å². The van der Waals surface area contributed by atoms with Crippen LogP contribution in [0, 0.1) is 18.7 Å². The van der Waals surface area contributed by atoms with E-state index in [9.17, 15) is 14.3 Å². The first-order valence-corrected chi connectivity index (χ1v) is 7.55. The van der Waals surface area contributed by atoms with Gasteiger partial charge in [0.15, 0.2) is 11.4 Å². The van der Waals surface area contributed by atoms with Crippen molar-refractivity contribution >= 4 is 18.3 Å². The molecule has 1 atom stereocenters. The number of nitrogens with one attached hydrogen (secondary N) is 1. The lowest BCUT2D eigenvalue weighted by molar-refractivity contribution is 0.0925. The third-order valence-corrected chi connectivity index (χ3v) is 4.08. The minimum atomic E-state index is -0.455. The fourth-order valence-electron chi connectivity index (χ4n) is 2.63. The summed E-state index contributed by atoms with van der Waals surface area (Å²) in [6.07, 6.45) is 3.44. The Kier molecular flexibility index (Phi) is 5.46. The van der Waals surface area contributed by atoms with E-state index in [0.29, 0.717) is 23.7 Å². The molecule has 1 unspecified atom stereocenters. The van der Waals surface area contributed by atoms with E-state index in [2.05, 4.69) is 10.4 Å². The summed E-state index contributed by atoms with van der Waals surface area (Å²) in [5.74, 6) is -0.621. The molecular formula is C16H20ClFN4O2. The van der Waals surface area contributed by atoms with Crippen LogP contribution in [0.5, 0.6) is 5.75 Å². The van der Waals surface area contributed by atoms with Crippen LogP contribution in [0.1, 0.15) is 28.9 Å². The van der Waals surface area contributed by atoms with E-state index in [-0.39, 0.29) is 35.7 Å². The topological polar surface area (TPSA) is 93.2 Å². The van der Waals surface area contributed by atoms with Crippen LogP contribution in [0.3, 0.4) is 0 Å². The Morgan fingerprint density at radius 2 is 2.25 bits per heavy atom. The second kappa shape index (κ2) is 7.19. The third kappa shape index (κ3) is 3.68. The Bertz CT molecular complexity index is 746. The van der Waals surface area contributed by atoms with Crippen LogP contribution in [-0.4, -0.2) is 33.4 Å². The summed E-state index contributed by atoms with van der Waals surface area (Å²) in [7, 11) is 0. The van der Waals surface area contributed by atoms with Gasteiger partial charge in [-0.05, 0) is 49.4 Å². The summed E-state index contributed by atoms with van der Waals surface area (Å²) in [6, 6.07) is 4.12. The largest absolute Gasteiger partial charge is 0.504 e. The molecule has 0 spiro atoms. The number of rotatable bonds is 5. The van der Waals surface area contributed by atoms with Gasteiger partial charge in [0.1, 0.15) is 5.82 Å². The first-order chi connectivity index (χ1) is 11.0. The van der Waals surface area contributed by atoms with Crippen molar-refractivity contribution in [2.24, 2.45) is 11.7 Å². The van der Waals surface area contributed by atoms with Gasteiger partial charge in [-0.2, -0.15) is 5.10 Å². The van der Waals surface area contributed by atoms with Gasteiger partial charge < -0.3 is 16.2 Å². The molecule has 1 aromatic carbocycles. The van der Waals surface area contributed by atoms with Gasteiger partial charge in [-0.1, -0.05) is 0 Å². The Labute approximate surface area is 145 Å². The highest BCUT2D eigenvalue weighted by Crippen LogP contribution is 2.32. The summed E-state index contributed by atoms with van der Waals surface area (Å²) >= 11 is 0. The molecule has 1 heterocycles. The van der Waals surface area contributed by atoms with Gasteiger partial charge in [-0.15, -0.1) is 12.4 Å². The van der Waals surface area contributed by atoms with E-state index in [0.717, 1.165) is 12.8 Å². The summed E-state index contributed by atoms with van der Waals surface area (Å²) in [5, 5.41) is 16.9. The van der Waals surface area contributed by atoms with Crippen LogP contribution in [0.15, 0.2) is 24.4 Å². The van der Waals surface area contributed by atoms with Gasteiger partial charge in [0.05, 0.1) is 11.9 Å². The molecule has 1 fully saturated rings. The number of hydrogen-bond donors (Lipinski definition) is 3. The van der Waals surface area contributed by atoms with Gasteiger partial charge in [-0.3, -0.25) is 4.79 Å². The molecule has 0 bridgehead atoms. The number of hydrogen-bond acceptors (Lipinski definition) is 4. The van der Waals surface area contributed by atoms with Crippen molar-refractivity contribution in [1.29, 1.82) is 0 Å². The molecule has 1 saturated carbocycles. The number of nitrogens with zero attached hydrogens (tertiary/aromatic N) is 2. The molecule has 8 heteroatoms. The lowest BCUT2D eigenvalue weighted by Gasteiger charge is -2.14. The minimum absolute atomic E-state index is 0. The Morgan fingerprint density at radius 3 is 2.83 bits per heavy atom. The molecule has 4 N–H and O–H groups in total. The maximum Gasteiger partial charge on any atom is 0.275 e. The smallest absolute Gasteiger partial charge is 0.275 e. The summed E-state index contributed by atoms with van der Waals surface area (Å²) in [4.78, 5) is 12.3. The summed E-state index contributed by atoms with van der Waals surface area (Å²) < 4.78 is 14.6. The molecule has 130 valence electrons. The van der Waals surface area contributed by atoms with Crippen LogP contribution in [0.25, 0.3) is 5.69 Å². The third-order valence-electron chi connectivity index (χ3n) is 4.08. The lowest BCUT2D eigenvalue weighted by Crippen LogP contribution is -2.41. The monoisotopic (exact) mass is 354 g/mol. The van der Waals surface area contributed by atoms with Crippen molar-refractivity contribution in [3.8, 4) is 11.4 Å². The highest BCUT2D eigenvalue weighted by molar-refractivity contribution is 5.95. The van der Waals surface area contributed by atoms with E-state index in [1.54, 1.807) is 13.0 Å². The zero-order valence-electron chi connectivity index (χ0n) is 13.2. The first-order valence-electron chi connectivity index (χ1n) is 7.55. The first kappa shape index (κ1) is 18.2. The van der Waals surface area contributed by atoms with Gasteiger partial charge >= 0.3 is 0 Å². The Hall–Kier alpha value is -2.12. The number of benzene rings is 1. The molecule has 1 amide bonds. The number of nitrogens with two attached hydrogens (primary N) is 1. The second-order valence-electron chi connectivity index (χ2n) is 5.89. The molecule has 0 saturated heterocycles. The summed E-state index contributed by atoms with van der Waals surface area (Å²) in [6.45, 7) is 2.09. The maximum absolute atomic E-state index is 13.2. The zero-order valence-corrected chi connectivity index (χ0v) is 14.0. The average Bonchev–Trinajstić information content (AvgIpc) is 3.27. The molecule has 2 aromatic rings. The van der Waals surface area contributed by atoms with Crippen molar-refractivity contribution in [2.45, 2.75) is 25.8 Å². The number of aryl methyl sites for hydroxylation is 1. The predicted molar refractivity (Wildman–Crippen MR) is 90.2 cm³/mol. The van der Waals surface area contributed by atoms with Gasteiger partial charge in [0, 0.05) is 12.6 Å². The zero-order chi connectivity index (χ0) is 16.6. The van der Waals surface area contributed by atoms with Crippen LogP contribution in [0.4, 0.5) is 4.39 Å².